The van der Waals surface area contributed by atoms with E-state index in [0.717, 1.165) is 0 Å². The van der Waals surface area contributed by atoms with E-state index in [0.29, 0.717) is 5.76 Å². The fourth-order valence-corrected chi connectivity index (χ4v) is 1.13. The molecule has 16 heavy (non-hydrogen) atoms. The predicted molar refractivity (Wildman–Crippen MR) is 45.8 cm³/mol. The maximum atomic E-state index is 12.4. The molecule has 90 valence electrons. The van der Waals surface area contributed by atoms with Crippen molar-refractivity contribution in [1.29, 1.82) is 0 Å². The molecule has 1 aromatic rings. The van der Waals surface area contributed by atoms with Gasteiger partial charge in [-0.25, -0.2) is 4.79 Å². The fraction of sp³-hybridized carbons (Fsp3) is 0.444. The molecule has 0 aliphatic carbocycles. The number of aliphatic carboxylic acids is 1. The van der Waals surface area contributed by atoms with E-state index < -0.39 is 24.2 Å². The third-order valence-corrected chi connectivity index (χ3v) is 2.05. The lowest BCUT2D eigenvalue weighted by atomic mass is 9.98. The second-order valence-corrected chi connectivity index (χ2v) is 3.35. The van der Waals surface area contributed by atoms with Gasteiger partial charge in [0.2, 0.25) is 0 Å². The van der Waals surface area contributed by atoms with Gasteiger partial charge in [0.1, 0.15) is 11.5 Å². The van der Waals surface area contributed by atoms with Crippen LogP contribution in [0.5, 0.6) is 0 Å². The van der Waals surface area contributed by atoms with Crippen LogP contribution in [-0.2, 0) is 11.2 Å². The molecule has 1 rings (SSSR count). The summed E-state index contributed by atoms with van der Waals surface area (Å²) < 4.78 is 41.9. The normalized spacial score (nSPS) is 15.8. The minimum absolute atomic E-state index is 0.236. The first-order valence-corrected chi connectivity index (χ1v) is 4.24. The standard InChI is InChI=1S/C9H9F3O4/c1-5-2-3-6(16-5)4-8(15,7(13)14)9(10,11)12/h2-3,15H,4H2,1H3,(H,13,14). The number of aliphatic hydroxyl groups is 1. The maximum absolute atomic E-state index is 12.4. The SMILES string of the molecule is Cc1ccc(CC(O)(C(=O)O)C(F)(F)F)o1. The highest BCUT2D eigenvalue weighted by molar-refractivity contribution is 5.78. The minimum Gasteiger partial charge on any atom is -0.479 e. The molecule has 0 aliphatic rings. The number of aryl methyl sites for hydroxylation is 1. The molecule has 2 N–H and O–H groups in total. The number of carboxylic acids is 1. The number of carboxylic acid groups (broad SMARTS) is 1. The van der Waals surface area contributed by atoms with Gasteiger partial charge in [-0.1, -0.05) is 0 Å². The van der Waals surface area contributed by atoms with Gasteiger partial charge in [-0.05, 0) is 19.1 Å². The fourth-order valence-electron chi connectivity index (χ4n) is 1.13. The van der Waals surface area contributed by atoms with Crippen molar-refractivity contribution in [3.05, 3.63) is 23.7 Å². The van der Waals surface area contributed by atoms with E-state index in [1.165, 1.54) is 19.1 Å². The Bertz CT molecular complexity index is 396. The van der Waals surface area contributed by atoms with Crippen LogP contribution in [0, 0.1) is 6.92 Å². The lowest BCUT2D eigenvalue weighted by molar-refractivity contribution is -0.260. The molecule has 7 heteroatoms. The topological polar surface area (TPSA) is 70.7 Å². The molecule has 0 fully saturated rings. The largest absolute Gasteiger partial charge is 0.479 e. The molecule has 1 heterocycles. The van der Waals surface area contributed by atoms with Crippen LogP contribution in [0.3, 0.4) is 0 Å². The Morgan fingerprint density at radius 3 is 2.31 bits per heavy atom. The van der Waals surface area contributed by atoms with E-state index in [1.807, 2.05) is 0 Å². The Kier molecular flexibility index (Phi) is 3.00. The van der Waals surface area contributed by atoms with Crippen LogP contribution in [0.1, 0.15) is 11.5 Å². The first kappa shape index (κ1) is 12.6. The van der Waals surface area contributed by atoms with E-state index >= 15 is 0 Å². The Morgan fingerprint density at radius 1 is 1.44 bits per heavy atom. The monoisotopic (exact) mass is 238 g/mol. The lowest BCUT2D eigenvalue weighted by Gasteiger charge is -2.24. The molecule has 0 saturated carbocycles. The highest BCUT2D eigenvalue weighted by Crippen LogP contribution is 2.33. The smallest absolute Gasteiger partial charge is 0.428 e. The third kappa shape index (κ3) is 2.19. The average molecular weight is 238 g/mol. The van der Waals surface area contributed by atoms with E-state index in [-0.39, 0.29) is 5.76 Å². The van der Waals surface area contributed by atoms with Crippen molar-refractivity contribution in [3.63, 3.8) is 0 Å². The molecule has 0 spiro atoms. The number of carbonyl (C=O) groups is 1. The first-order chi connectivity index (χ1) is 7.17. The van der Waals surface area contributed by atoms with Crippen LogP contribution in [0.25, 0.3) is 0 Å². The molecular formula is C9H9F3O4. The molecule has 0 aliphatic heterocycles. The maximum Gasteiger partial charge on any atom is 0.428 e. The number of alkyl halides is 3. The van der Waals surface area contributed by atoms with Gasteiger partial charge < -0.3 is 14.6 Å². The summed E-state index contributed by atoms with van der Waals surface area (Å²) in [6, 6.07) is 2.57. The molecule has 1 unspecified atom stereocenters. The van der Waals surface area contributed by atoms with Crippen molar-refractivity contribution >= 4 is 5.97 Å². The van der Waals surface area contributed by atoms with Gasteiger partial charge >= 0.3 is 12.1 Å². The van der Waals surface area contributed by atoms with Crippen molar-refractivity contribution in [2.24, 2.45) is 0 Å². The van der Waals surface area contributed by atoms with Crippen LogP contribution in [0.15, 0.2) is 16.5 Å². The van der Waals surface area contributed by atoms with E-state index in [1.54, 1.807) is 0 Å². The molecule has 0 radical (unpaired) electrons. The van der Waals surface area contributed by atoms with Crippen LogP contribution < -0.4 is 0 Å². The Labute approximate surface area is 88.3 Å². The van der Waals surface area contributed by atoms with Gasteiger partial charge in [0, 0.05) is 0 Å². The van der Waals surface area contributed by atoms with Crippen molar-refractivity contribution in [3.8, 4) is 0 Å². The minimum atomic E-state index is -5.26. The number of rotatable bonds is 3. The summed E-state index contributed by atoms with van der Waals surface area (Å²) >= 11 is 0. The lowest BCUT2D eigenvalue weighted by Crippen LogP contribution is -2.53. The van der Waals surface area contributed by atoms with Gasteiger partial charge in [-0.2, -0.15) is 13.2 Å². The second kappa shape index (κ2) is 3.82. The third-order valence-electron chi connectivity index (χ3n) is 2.05. The zero-order valence-electron chi connectivity index (χ0n) is 8.21. The molecule has 4 nitrogen and oxygen atoms in total. The summed E-state index contributed by atoms with van der Waals surface area (Å²) in [6.07, 6.45) is -6.42. The predicted octanol–water partition coefficient (Wildman–Crippen LogP) is 1.51. The summed E-state index contributed by atoms with van der Waals surface area (Å²) in [5.41, 5.74) is -3.82. The quantitative estimate of drug-likeness (QED) is 0.837. The van der Waals surface area contributed by atoms with Crippen molar-refractivity contribution in [2.45, 2.75) is 25.1 Å². The van der Waals surface area contributed by atoms with Gasteiger partial charge in [-0.3, -0.25) is 0 Å². The first-order valence-electron chi connectivity index (χ1n) is 4.24. The van der Waals surface area contributed by atoms with Crippen LogP contribution in [0.4, 0.5) is 13.2 Å². The van der Waals surface area contributed by atoms with Crippen molar-refractivity contribution in [2.75, 3.05) is 0 Å². The van der Waals surface area contributed by atoms with Crippen molar-refractivity contribution < 1.29 is 32.6 Å². The van der Waals surface area contributed by atoms with Gasteiger partial charge in [-0.15, -0.1) is 0 Å². The summed E-state index contributed by atoms with van der Waals surface area (Å²) in [5.74, 6) is -2.25. The molecule has 0 aromatic carbocycles. The number of furan rings is 1. The van der Waals surface area contributed by atoms with Crippen LogP contribution >= 0.6 is 0 Å². The Hall–Kier alpha value is -1.50. The van der Waals surface area contributed by atoms with E-state index in [9.17, 15) is 18.0 Å². The van der Waals surface area contributed by atoms with Gasteiger partial charge in [0.25, 0.3) is 5.60 Å². The molecule has 1 aromatic heterocycles. The zero-order chi connectivity index (χ0) is 12.6. The van der Waals surface area contributed by atoms with E-state index in [4.69, 9.17) is 14.6 Å². The molecule has 0 bridgehead atoms. The molecule has 0 saturated heterocycles. The number of hydrogen-bond donors (Lipinski definition) is 2. The molecule has 0 amide bonds. The molecular weight excluding hydrogens is 229 g/mol. The summed E-state index contributed by atoms with van der Waals surface area (Å²) in [4.78, 5) is 10.5. The number of halogens is 3. The van der Waals surface area contributed by atoms with Crippen LogP contribution in [-0.4, -0.2) is 28.0 Å². The van der Waals surface area contributed by atoms with Gasteiger partial charge in [0.05, 0.1) is 6.42 Å². The Morgan fingerprint density at radius 2 is 2.00 bits per heavy atom. The highest BCUT2D eigenvalue weighted by Gasteiger charge is 2.60. The highest BCUT2D eigenvalue weighted by atomic mass is 19.4. The number of hydrogen-bond acceptors (Lipinski definition) is 3. The summed E-state index contributed by atoms with van der Waals surface area (Å²) in [5, 5.41) is 17.5. The second-order valence-electron chi connectivity index (χ2n) is 3.35. The van der Waals surface area contributed by atoms with Gasteiger partial charge in [0.15, 0.2) is 0 Å². The van der Waals surface area contributed by atoms with Crippen LogP contribution in [0.2, 0.25) is 0 Å². The van der Waals surface area contributed by atoms with E-state index in [2.05, 4.69) is 0 Å². The average Bonchev–Trinajstić information content (AvgIpc) is 2.48. The Balaban J connectivity index is 3.01. The summed E-state index contributed by atoms with van der Waals surface area (Å²) in [6.45, 7) is 1.50. The molecule has 1 atom stereocenters. The van der Waals surface area contributed by atoms with Crippen molar-refractivity contribution in [1.82, 2.24) is 0 Å². The summed E-state index contributed by atoms with van der Waals surface area (Å²) in [7, 11) is 0. The zero-order valence-corrected chi connectivity index (χ0v) is 8.21.